The largest absolute Gasteiger partial charge is 0.360 e. The molecule has 1 fully saturated rings. The van der Waals surface area contributed by atoms with Gasteiger partial charge in [-0.25, -0.2) is 0 Å². The van der Waals surface area contributed by atoms with Crippen LogP contribution in [-0.4, -0.2) is 45.7 Å². The number of anilines is 1. The fraction of sp³-hybridized carbons (Fsp3) is 0.429. The predicted molar refractivity (Wildman–Crippen MR) is 77.4 cm³/mol. The lowest BCUT2D eigenvalue weighted by molar-refractivity contribution is -0.116. The molecule has 2 aromatic heterocycles. The highest BCUT2D eigenvalue weighted by Gasteiger charge is 2.27. The molecule has 1 aliphatic rings. The molecule has 2 aromatic rings. The topological polar surface area (TPSA) is 104 Å². The Morgan fingerprint density at radius 1 is 1.45 bits per heavy atom. The van der Waals surface area contributed by atoms with E-state index in [1.54, 1.807) is 26.1 Å². The summed E-state index contributed by atoms with van der Waals surface area (Å²) in [6, 6.07) is 3.37. The molecule has 0 saturated heterocycles. The minimum absolute atomic E-state index is 0.0869. The molecule has 0 aromatic carbocycles. The minimum atomic E-state index is -0.345. The van der Waals surface area contributed by atoms with Crippen LogP contribution in [0.1, 0.15) is 40.7 Å². The molecular formula is C14H17N5O3. The van der Waals surface area contributed by atoms with E-state index in [1.165, 1.54) is 4.90 Å². The van der Waals surface area contributed by atoms with E-state index >= 15 is 0 Å². The highest BCUT2D eigenvalue weighted by Crippen LogP contribution is 2.39. The SMILES string of the molecule is Cc1cc(NC(=O)CN(C)C(=O)c2cc(C3CC3)[nH]n2)no1. The fourth-order valence-corrected chi connectivity index (χ4v) is 2.14. The van der Waals surface area contributed by atoms with Crippen LogP contribution < -0.4 is 5.32 Å². The molecule has 0 aliphatic heterocycles. The number of likely N-dealkylation sites (N-methyl/N-ethyl adjacent to an activating group) is 1. The molecule has 0 spiro atoms. The first-order valence-corrected chi connectivity index (χ1v) is 7.07. The summed E-state index contributed by atoms with van der Waals surface area (Å²) < 4.78 is 4.86. The monoisotopic (exact) mass is 303 g/mol. The van der Waals surface area contributed by atoms with Gasteiger partial charge < -0.3 is 14.7 Å². The summed E-state index contributed by atoms with van der Waals surface area (Å²) >= 11 is 0. The number of hydrogen-bond acceptors (Lipinski definition) is 5. The van der Waals surface area contributed by atoms with E-state index < -0.39 is 0 Å². The van der Waals surface area contributed by atoms with E-state index in [2.05, 4.69) is 20.7 Å². The van der Waals surface area contributed by atoms with Crippen molar-refractivity contribution in [2.24, 2.45) is 0 Å². The summed E-state index contributed by atoms with van der Waals surface area (Å²) in [5.74, 6) is 0.790. The molecule has 0 bridgehead atoms. The van der Waals surface area contributed by atoms with E-state index in [0.29, 0.717) is 23.2 Å². The third-order valence-electron chi connectivity index (χ3n) is 3.46. The van der Waals surface area contributed by atoms with Crippen molar-refractivity contribution < 1.29 is 14.1 Å². The number of aromatic amines is 1. The molecule has 1 aliphatic carbocycles. The highest BCUT2D eigenvalue weighted by molar-refractivity contribution is 5.97. The average molecular weight is 303 g/mol. The third-order valence-corrected chi connectivity index (χ3v) is 3.46. The standard InChI is InChI=1S/C14H17N5O3/c1-8-5-12(18-22-8)15-13(20)7-19(2)14(21)11-6-10(16-17-11)9-3-4-9/h5-6,9H,3-4,7H2,1-2H3,(H,16,17)(H,15,18,20). The lowest BCUT2D eigenvalue weighted by Crippen LogP contribution is -2.35. The van der Waals surface area contributed by atoms with Gasteiger partial charge >= 0.3 is 0 Å². The van der Waals surface area contributed by atoms with E-state index in [4.69, 9.17) is 4.52 Å². The summed E-state index contributed by atoms with van der Waals surface area (Å²) in [7, 11) is 1.56. The molecule has 3 rings (SSSR count). The van der Waals surface area contributed by atoms with Gasteiger partial charge in [0.25, 0.3) is 5.91 Å². The Labute approximate surface area is 126 Å². The molecule has 116 valence electrons. The number of aryl methyl sites for hydroxylation is 1. The van der Waals surface area contributed by atoms with Gasteiger partial charge in [-0.15, -0.1) is 0 Å². The van der Waals surface area contributed by atoms with E-state index in [9.17, 15) is 9.59 Å². The Morgan fingerprint density at radius 2 is 2.23 bits per heavy atom. The summed E-state index contributed by atoms with van der Waals surface area (Å²) in [6.45, 7) is 1.64. The summed E-state index contributed by atoms with van der Waals surface area (Å²) in [4.78, 5) is 25.4. The number of nitrogens with zero attached hydrogens (tertiary/aromatic N) is 3. The normalized spacial score (nSPS) is 13.9. The first-order chi connectivity index (χ1) is 10.5. The molecule has 0 radical (unpaired) electrons. The Kier molecular flexibility index (Phi) is 3.66. The van der Waals surface area contributed by atoms with Gasteiger partial charge in [-0.1, -0.05) is 5.16 Å². The Morgan fingerprint density at radius 3 is 2.86 bits per heavy atom. The fourth-order valence-electron chi connectivity index (χ4n) is 2.14. The molecule has 22 heavy (non-hydrogen) atoms. The quantitative estimate of drug-likeness (QED) is 0.866. The van der Waals surface area contributed by atoms with Crippen LogP contribution in [0.15, 0.2) is 16.7 Å². The smallest absolute Gasteiger partial charge is 0.274 e. The van der Waals surface area contributed by atoms with Gasteiger partial charge in [0.05, 0.1) is 6.54 Å². The number of carbonyl (C=O) groups excluding carboxylic acids is 2. The van der Waals surface area contributed by atoms with Crippen molar-refractivity contribution >= 4 is 17.6 Å². The van der Waals surface area contributed by atoms with E-state index in [1.807, 2.05) is 0 Å². The number of hydrogen-bond donors (Lipinski definition) is 2. The van der Waals surface area contributed by atoms with Crippen molar-refractivity contribution in [1.82, 2.24) is 20.3 Å². The van der Waals surface area contributed by atoms with Crippen LogP contribution in [0, 0.1) is 6.92 Å². The highest BCUT2D eigenvalue weighted by atomic mass is 16.5. The molecule has 2 heterocycles. The maximum atomic E-state index is 12.2. The van der Waals surface area contributed by atoms with Crippen LogP contribution in [0.3, 0.4) is 0 Å². The summed E-state index contributed by atoms with van der Waals surface area (Å²) in [5.41, 5.74) is 1.31. The Hall–Kier alpha value is -2.64. The zero-order valence-electron chi connectivity index (χ0n) is 12.4. The second-order valence-corrected chi connectivity index (χ2v) is 5.51. The Balaban J connectivity index is 1.56. The van der Waals surface area contributed by atoms with Gasteiger partial charge in [0.1, 0.15) is 11.5 Å². The van der Waals surface area contributed by atoms with Crippen LogP contribution in [0.5, 0.6) is 0 Å². The van der Waals surface area contributed by atoms with E-state index in [-0.39, 0.29) is 18.4 Å². The summed E-state index contributed by atoms with van der Waals surface area (Å²) in [5, 5.41) is 13.1. The molecule has 8 nitrogen and oxygen atoms in total. The Bertz CT molecular complexity index is 701. The molecule has 2 amide bonds. The van der Waals surface area contributed by atoms with Crippen molar-refractivity contribution in [3.8, 4) is 0 Å². The zero-order chi connectivity index (χ0) is 15.7. The molecule has 2 N–H and O–H groups in total. The maximum absolute atomic E-state index is 12.2. The van der Waals surface area contributed by atoms with Crippen molar-refractivity contribution in [2.75, 3.05) is 18.9 Å². The summed E-state index contributed by atoms with van der Waals surface area (Å²) in [6.07, 6.45) is 2.26. The van der Waals surface area contributed by atoms with E-state index in [0.717, 1.165) is 18.5 Å². The number of carbonyl (C=O) groups is 2. The minimum Gasteiger partial charge on any atom is -0.360 e. The van der Waals surface area contributed by atoms with Gasteiger partial charge in [0, 0.05) is 24.7 Å². The van der Waals surface area contributed by atoms with Crippen LogP contribution in [-0.2, 0) is 4.79 Å². The number of H-pyrrole nitrogens is 1. The van der Waals surface area contributed by atoms with Gasteiger partial charge in [0.15, 0.2) is 5.82 Å². The maximum Gasteiger partial charge on any atom is 0.274 e. The predicted octanol–water partition coefficient (Wildman–Crippen LogP) is 1.29. The van der Waals surface area contributed by atoms with Crippen LogP contribution >= 0.6 is 0 Å². The zero-order valence-corrected chi connectivity index (χ0v) is 12.4. The van der Waals surface area contributed by atoms with Crippen LogP contribution in [0.4, 0.5) is 5.82 Å². The van der Waals surface area contributed by atoms with Crippen molar-refractivity contribution in [2.45, 2.75) is 25.7 Å². The lowest BCUT2D eigenvalue weighted by atomic mass is 10.2. The van der Waals surface area contributed by atoms with Gasteiger partial charge in [-0.05, 0) is 25.8 Å². The van der Waals surface area contributed by atoms with Gasteiger partial charge in [-0.2, -0.15) is 5.10 Å². The first-order valence-electron chi connectivity index (χ1n) is 7.07. The van der Waals surface area contributed by atoms with Gasteiger partial charge in [-0.3, -0.25) is 14.7 Å². The molecular weight excluding hydrogens is 286 g/mol. The van der Waals surface area contributed by atoms with Crippen molar-refractivity contribution in [3.05, 3.63) is 29.3 Å². The first kappa shape index (κ1) is 14.3. The molecule has 0 atom stereocenters. The second-order valence-electron chi connectivity index (χ2n) is 5.51. The van der Waals surface area contributed by atoms with Crippen molar-refractivity contribution in [3.63, 3.8) is 0 Å². The molecule has 1 saturated carbocycles. The molecule has 8 heteroatoms. The number of amides is 2. The van der Waals surface area contributed by atoms with Crippen LogP contribution in [0.25, 0.3) is 0 Å². The van der Waals surface area contributed by atoms with Crippen LogP contribution in [0.2, 0.25) is 0 Å². The number of nitrogens with one attached hydrogen (secondary N) is 2. The average Bonchev–Trinajstić information content (AvgIpc) is 3.07. The number of aromatic nitrogens is 3. The lowest BCUT2D eigenvalue weighted by Gasteiger charge is -2.14. The number of rotatable bonds is 5. The third kappa shape index (κ3) is 3.16. The molecule has 0 unspecified atom stereocenters. The van der Waals surface area contributed by atoms with Crippen molar-refractivity contribution in [1.29, 1.82) is 0 Å². The second kappa shape index (κ2) is 5.63. The van der Waals surface area contributed by atoms with Gasteiger partial charge in [0.2, 0.25) is 5.91 Å².